The number of rotatable bonds is 3. The van der Waals surface area contributed by atoms with Gasteiger partial charge >= 0.3 is 12.1 Å². The van der Waals surface area contributed by atoms with Crippen molar-refractivity contribution in [3.05, 3.63) is 65.7 Å². The highest BCUT2D eigenvalue weighted by molar-refractivity contribution is 6.00. The van der Waals surface area contributed by atoms with Gasteiger partial charge in [0.05, 0.1) is 17.0 Å². The highest BCUT2D eigenvalue weighted by Crippen LogP contribution is 2.47. The normalized spacial score (nSPS) is 14.4. The van der Waals surface area contributed by atoms with E-state index < -0.39 is 12.1 Å². The van der Waals surface area contributed by atoms with Gasteiger partial charge in [-0.1, -0.05) is 30.3 Å². The van der Waals surface area contributed by atoms with Crippen molar-refractivity contribution in [2.45, 2.75) is 18.3 Å². The monoisotopic (exact) mass is 306 g/mol. The lowest BCUT2D eigenvalue weighted by Gasteiger charge is -2.09. The molecule has 1 aliphatic rings. The van der Waals surface area contributed by atoms with Crippen LogP contribution in [-0.2, 0) is 10.2 Å². The van der Waals surface area contributed by atoms with Crippen LogP contribution in [0.25, 0.3) is 0 Å². The van der Waals surface area contributed by atoms with E-state index in [4.69, 9.17) is 10.00 Å². The van der Waals surface area contributed by atoms with Gasteiger partial charge < -0.3 is 4.74 Å². The first kappa shape index (κ1) is 14.8. The summed E-state index contributed by atoms with van der Waals surface area (Å²) in [5.74, 6) is -0.707. The standard InChI is InChI=1S/C18H14N2O3/c19-12-18(10-11-18)14-6-8-15(9-7-14)20-17(22)23-16(21)13-4-2-1-3-5-13/h1-9H,10-11H2,(H,20,22). The molecule has 2 aromatic carbocycles. The van der Waals surface area contributed by atoms with Crippen molar-refractivity contribution in [1.82, 2.24) is 0 Å². The second-order valence-corrected chi connectivity index (χ2v) is 5.44. The van der Waals surface area contributed by atoms with Gasteiger partial charge in [-0.3, -0.25) is 5.32 Å². The summed E-state index contributed by atoms with van der Waals surface area (Å²) < 4.78 is 4.73. The molecule has 0 atom stereocenters. The van der Waals surface area contributed by atoms with E-state index in [1.807, 2.05) is 12.1 Å². The molecule has 23 heavy (non-hydrogen) atoms. The zero-order chi connectivity index (χ0) is 16.3. The zero-order valence-electron chi connectivity index (χ0n) is 12.3. The van der Waals surface area contributed by atoms with Crippen LogP contribution >= 0.6 is 0 Å². The molecule has 0 radical (unpaired) electrons. The van der Waals surface area contributed by atoms with Crippen molar-refractivity contribution < 1.29 is 14.3 Å². The summed E-state index contributed by atoms with van der Waals surface area (Å²) in [4.78, 5) is 23.5. The minimum absolute atomic E-state index is 0.308. The number of nitrogens with one attached hydrogen (secondary N) is 1. The van der Waals surface area contributed by atoms with E-state index in [0.717, 1.165) is 18.4 Å². The molecule has 0 saturated heterocycles. The third-order valence-electron chi connectivity index (χ3n) is 3.84. The average molecular weight is 306 g/mol. The number of esters is 1. The van der Waals surface area contributed by atoms with Crippen molar-refractivity contribution in [3.63, 3.8) is 0 Å². The first-order valence-corrected chi connectivity index (χ1v) is 7.23. The van der Waals surface area contributed by atoms with Crippen LogP contribution in [0.3, 0.4) is 0 Å². The molecule has 2 aromatic rings. The molecule has 0 spiro atoms. The van der Waals surface area contributed by atoms with Crippen molar-refractivity contribution in [3.8, 4) is 6.07 Å². The van der Waals surface area contributed by atoms with Gasteiger partial charge in [0.1, 0.15) is 0 Å². The Morgan fingerprint density at radius 3 is 2.26 bits per heavy atom. The number of carbonyl (C=O) groups excluding carboxylic acids is 2. The van der Waals surface area contributed by atoms with Gasteiger partial charge in [0.2, 0.25) is 0 Å². The Morgan fingerprint density at radius 1 is 1.04 bits per heavy atom. The smallest absolute Gasteiger partial charge is 0.372 e. The summed E-state index contributed by atoms with van der Waals surface area (Å²) in [5, 5.41) is 11.6. The van der Waals surface area contributed by atoms with E-state index in [2.05, 4.69) is 11.4 Å². The lowest BCUT2D eigenvalue weighted by Crippen LogP contribution is -2.18. The zero-order valence-corrected chi connectivity index (χ0v) is 12.3. The number of benzene rings is 2. The second-order valence-electron chi connectivity index (χ2n) is 5.44. The van der Waals surface area contributed by atoms with Crippen LogP contribution in [0.15, 0.2) is 54.6 Å². The largest absolute Gasteiger partial charge is 0.419 e. The number of anilines is 1. The van der Waals surface area contributed by atoms with Crippen molar-refractivity contribution in [2.75, 3.05) is 5.32 Å². The Balaban J connectivity index is 1.60. The molecular formula is C18H14N2O3. The fraction of sp³-hybridized carbons (Fsp3) is 0.167. The molecule has 5 heteroatoms. The fourth-order valence-electron chi connectivity index (χ4n) is 2.32. The van der Waals surface area contributed by atoms with Gasteiger partial charge in [0, 0.05) is 5.69 Å². The van der Waals surface area contributed by atoms with Gasteiger partial charge in [-0.05, 0) is 42.7 Å². The summed E-state index contributed by atoms with van der Waals surface area (Å²) in [5.41, 5.74) is 1.40. The van der Waals surface area contributed by atoms with Crippen LogP contribution in [0, 0.1) is 11.3 Å². The third-order valence-corrected chi connectivity index (χ3v) is 3.84. The molecule has 1 fully saturated rings. The van der Waals surface area contributed by atoms with Gasteiger partial charge in [-0.15, -0.1) is 0 Å². The molecule has 1 N–H and O–H groups in total. The van der Waals surface area contributed by atoms with Crippen LogP contribution in [-0.4, -0.2) is 12.1 Å². The van der Waals surface area contributed by atoms with E-state index in [1.165, 1.54) is 0 Å². The molecule has 1 aliphatic carbocycles. The lowest BCUT2D eigenvalue weighted by molar-refractivity contribution is 0.0645. The summed E-state index contributed by atoms with van der Waals surface area (Å²) in [7, 11) is 0. The van der Waals surface area contributed by atoms with Crippen molar-refractivity contribution >= 4 is 17.7 Å². The average Bonchev–Trinajstić information content (AvgIpc) is 3.37. The van der Waals surface area contributed by atoms with Gasteiger partial charge in [-0.25, -0.2) is 9.59 Å². The first-order chi connectivity index (χ1) is 11.1. The van der Waals surface area contributed by atoms with Crippen molar-refractivity contribution in [1.29, 1.82) is 5.26 Å². The molecule has 0 bridgehead atoms. The number of carbonyl (C=O) groups is 2. The Labute approximate surface area is 133 Å². The molecule has 3 rings (SSSR count). The predicted molar refractivity (Wildman–Crippen MR) is 83.8 cm³/mol. The SMILES string of the molecule is N#CC1(c2ccc(NC(=O)OC(=O)c3ccccc3)cc2)CC1. The Bertz CT molecular complexity index is 772. The van der Waals surface area contributed by atoms with E-state index in [-0.39, 0.29) is 5.41 Å². The van der Waals surface area contributed by atoms with Crippen LogP contribution in [0.2, 0.25) is 0 Å². The summed E-state index contributed by atoms with van der Waals surface area (Å²) in [6.45, 7) is 0. The summed E-state index contributed by atoms with van der Waals surface area (Å²) >= 11 is 0. The molecule has 0 heterocycles. The molecule has 0 aromatic heterocycles. The van der Waals surface area contributed by atoms with Crippen LogP contribution in [0.5, 0.6) is 0 Å². The molecule has 0 unspecified atom stereocenters. The molecular weight excluding hydrogens is 292 g/mol. The second kappa shape index (κ2) is 5.93. The highest BCUT2D eigenvalue weighted by atomic mass is 16.6. The van der Waals surface area contributed by atoms with Crippen LogP contribution in [0.1, 0.15) is 28.8 Å². The Hall–Kier alpha value is -3.13. The maximum absolute atomic E-state index is 11.8. The maximum Gasteiger partial charge on any atom is 0.419 e. The number of hydrogen-bond donors (Lipinski definition) is 1. The van der Waals surface area contributed by atoms with Gasteiger partial charge in [-0.2, -0.15) is 5.26 Å². The van der Waals surface area contributed by atoms with E-state index in [9.17, 15) is 9.59 Å². The minimum Gasteiger partial charge on any atom is -0.372 e. The maximum atomic E-state index is 11.8. The number of ether oxygens (including phenoxy) is 1. The molecule has 114 valence electrons. The van der Waals surface area contributed by atoms with Crippen molar-refractivity contribution in [2.24, 2.45) is 0 Å². The highest BCUT2D eigenvalue weighted by Gasteiger charge is 2.44. The van der Waals surface area contributed by atoms with E-state index in [1.54, 1.807) is 42.5 Å². The number of nitrogens with zero attached hydrogens (tertiary/aromatic N) is 1. The first-order valence-electron chi connectivity index (χ1n) is 7.23. The van der Waals surface area contributed by atoms with E-state index >= 15 is 0 Å². The Morgan fingerprint density at radius 2 is 1.70 bits per heavy atom. The topological polar surface area (TPSA) is 79.2 Å². The quantitative estimate of drug-likeness (QED) is 0.693. The van der Waals surface area contributed by atoms with Gasteiger partial charge in [0.15, 0.2) is 0 Å². The fourth-order valence-corrected chi connectivity index (χ4v) is 2.32. The summed E-state index contributed by atoms with van der Waals surface area (Å²) in [6, 6.07) is 17.6. The number of hydrogen-bond acceptors (Lipinski definition) is 4. The molecule has 0 aliphatic heterocycles. The molecule has 5 nitrogen and oxygen atoms in total. The molecule has 1 saturated carbocycles. The van der Waals surface area contributed by atoms with E-state index in [0.29, 0.717) is 11.3 Å². The number of nitriles is 1. The van der Waals surface area contributed by atoms with Crippen LogP contribution < -0.4 is 5.32 Å². The number of amides is 1. The minimum atomic E-state index is -0.840. The molecule has 1 amide bonds. The summed E-state index contributed by atoms with van der Waals surface area (Å²) in [6.07, 6.45) is 0.890. The predicted octanol–water partition coefficient (Wildman–Crippen LogP) is 3.63. The van der Waals surface area contributed by atoms with Gasteiger partial charge in [0.25, 0.3) is 0 Å². The third kappa shape index (κ3) is 3.22. The Kier molecular flexibility index (Phi) is 3.82. The lowest BCUT2D eigenvalue weighted by atomic mass is 9.98. The van der Waals surface area contributed by atoms with Crippen LogP contribution in [0.4, 0.5) is 10.5 Å².